The second kappa shape index (κ2) is 13.2. The number of fused-ring (bicyclic) bond motifs is 9. The molecule has 0 unspecified atom stereocenters. The molecule has 270 valence electrons. The van der Waals surface area contributed by atoms with Crippen LogP contribution in [-0.2, 0) is 0 Å². The van der Waals surface area contributed by atoms with Crippen LogP contribution >= 0.6 is 11.3 Å². The maximum Gasteiger partial charge on any atom is 0.0541 e. The topological polar surface area (TPSA) is 4.93 Å². The van der Waals surface area contributed by atoms with Gasteiger partial charge in [0.25, 0.3) is 0 Å². The SMILES string of the molecule is c1cc(-c2ccc3c(c2)c2ccccc2n3-c2ccc(-c3ccc(-c4ccc5sc6ccccc6c5c4)cc3)cc2)cc(-c2cc3ccccc3c3ccccc23)c1. The van der Waals surface area contributed by atoms with Gasteiger partial charge in [0.2, 0.25) is 0 Å². The Bertz CT molecular complexity index is 3550. The van der Waals surface area contributed by atoms with E-state index in [4.69, 9.17) is 0 Å². The van der Waals surface area contributed by atoms with Crippen molar-refractivity contribution in [2.75, 3.05) is 0 Å². The molecule has 0 fully saturated rings. The molecule has 10 aromatic carbocycles. The molecule has 0 aliphatic carbocycles. The van der Waals surface area contributed by atoms with Crippen molar-refractivity contribution in [2.45, 2.75) is 0 Å². The minimum Gasteiger partial charge on any atom is -0.309 e. The summed E-state index contributed by atoms with van der Waals surface area (Å²) in [6.45, 7) is 0. The minimum absolute atomic E-state index is 1.15. The highest BCUT2D eigenvalue weighted by atomic mass is 32.1. The molecule has 12 aromatic rings. The Morgan fingerprint density at radius 1 is 0.276 bits per heavy atom. The van der Waals surface area contributed by atoms with Gasteiger partial charge in [-0.2, -0.15) is 0 Å². The van der Waals surface area contributed by atoms with Gasteiger partial charge in [-0.15, -0.1) is 11.3 Å². The molecule has 0 spiro atoms. The Balaban J connectivity index is 0.884. The Labute approximate surface area is 340 Å². The van der Waals surface area contributed by atoms with E-state index in [0.29, 0.717) is 0 Å². The molecule has 12 rings (SSSR count). The number of thiophene rings is 1. The zero-order valence-corrected chi connectivity index (χ0v) is 32.4. The van der Waals surface area contributed by atoms with Crippen LogP contribution in [-0.4, -0.2) is 4.57 Å². The van der Waals surface area contributed by atoms with Gasteiger partial charge in [-0.1, -0.05) is 152 Å². The van der Waals surface area contributed by atoms with E-state index in [-0.39, 0.29) is 0 Å². The number of aromatic nitrogens is 1. The number of benzene rings is 10. The third kappa shape index (κ3) is 5.30. The van der Waals surface area contributed by atoms with Crippen LogP contribution in [0.1, 0.15) is 0 Å². The second-order valence-corrected chi connectivity index (χ2v) is 16.4. The molecule has 2 aromatic heterocycles. The Hall–Kier alpha value is -7.26. The summed E-state index contributed by atoms with van der Waals surface area (Å²) in [4.78, 5) is 0. The lowest BCUT2D eigenvalue weighted by Gasteiger charge is -2.13. The molecule has 2 heteroatoms. The van der Waals surface area contributed by atoms with Crippen LogP contribution in [0.25, 0.3) is 114 Å². The van der Waals surface area contributed by atoms with Crippen LogP contribution in [0.15, 0.2) is 212 Å². The largest absolute Gasteiger partial charge is 0.309 e. The summed E-state index contributed by atoms with van der Waals surface area (Å²) < 4.78 is 5.08. The fourth-order valence-corrected chi connectivity index (χ4v) is 10.2. The van der Waals surface area contributed by atoms with Crippen LogP contribution < -0.4 is 0 Å². The number of nitrogens with zero attached hydrogens (tertiary/aromatic N) is 1. The van der Waals surface area contributed by atoms with Gasteiger partial charge in [-0.25, -0.2) is 0 Å². The van der Waals surface area contributed by atoms with Gasteiger partial charge in [0, 0.05) is 36.6 Å². The summed E-state index contributed by atoms with van der Waals surface area (Å²) in [7, 11) is 0. The van der Waals surface area contributed by atoms with Crippen LogP contribution in [0.4, 0.5) is 0 Å². The first-order chi connectivity index (χ1) is 28.7. The van der Waals surface area contributed by atoms with Gasteiger partial charge in [0.05, 0.1) is 11.0 Å². The number of hydrogen-bond donors (Lipinski definition) is 0. The van der Waals surface area contributed by atoms with Gasteiger partial charge in [0.15, 0.2) is 0 Å². The predicted octanol–water partition coefficient (Wildman–Crippen LogP) is 16.1. The van der Waals surface area contributed by atoms with Gasteiger partial charge in [-0.05, 0) is 127 Å². The van der Waals surface area contributed by atoms with Crippen LogP contribution in [0.3, 0.4) is 0 Å². The van der Waals surface area contributed by atoms with Crippen LogP contribution in [0, 0.1) is 0 Å². The van der Waals surface area contributed by atoms with E-state index >= 15 is 0 Å². The fraction of sp³-hybridized carbons (Fsp3) is 0. The average Bonchev–Trinajstić information content (AvgIpc) is 3.84. The van der Waals surface area contributed by atoms with Crippen molar-refractivity contribution in [2.24, 2.45) is 0 Å². The second-order valence-electron chi connectivity index (χ2n) is 15.3. The predicted molar refractivity (Wildman–Crippen MR) is 250 cm³/mol. The van der Waals surface area contributed by atoms with Gasteiger partial charge in [0.1, 0.15) is 0 Å². The molecule has 0 aliphatic rings. The summed E-state index contributed by atoms with van der Waals surface area (Å²) in [5, 5.41) is 10.3. The molecule has 0 aliphatic heterocycles. The standard InChI is InChI=1S/C56H35NS/c1-2-13-45-43(10-1)35-50(47-15-4-3-14-46(45)47)42-12-9-11-39(32-42)41-26-30-54-51(33-41)48-16-5-7-18-53(48)57(54)44-28-24-37(25-29-44)36-20-22-38(23-21-36)40-27-31-56-52(34-40)49-17-6-8-19-55(49)58-56/h1-35H. The highest BCUT2D eigenvalue weighted by molar-refractivity contribution is 7.25. The van der Waals surface area contributed by atoms with Crippen molar-refractivity contribution in [1.82, 2.24) is 4.57 Å². The molecular weight excluding hydrogens is 719 g/mol. The first-order valence-corrected chi connectivity index (χ1v) is 20.7. The van der Waals surface area contributed by atoms with Crippen molar-refractivity contribution in [3.8, 4) is 50.2 Å². The molecule has 58 heavy (non-hydrogen) atoms. The highest BCUT2D eigenvalue weighted by Crippen LogP contribution is 2.40. The molecule has 0 N–H and O–H groups in total. The maximum absolute atomic E-state index is 2.41. The minimum atomic E-state index is 1.15. The fourth-order valence-electron chi connectivity index (χ4n) is 9.15. The smallest absolute Gasteiger partial charge is 0.0541 e. The first-order valence-electron chi connectivity index (χ1n) is 19.9. The Morgan fingerprint density at radius 3 is 1.64 bits per heavy atom. The molecule has 0 saturated carbocycles. The van der Waals surface area contributed by atoms with E-state index in [9.17, 15) is 0 Å². The Kier molecular flexibility index (Phi) is 7.47. The van der Waals surface area contributed by atoms with Gasteiger partial charge < -0.3 is 4.57 Å². The lowest BCUT2D eigenvalue weighted by Crippen LogP contribution is -1.93. The van der Waals surface area contributed by atoms with Crippen molar-refractivity contribution in [3.05, 3.63) is 212 Å². The summed E-state index contributed by atoms with van der Waals surface area (Å²) in [5.74, 6) is 0. The van der Waals surface area contributed by atoms with E-state index in [1.165, 1.54) is 108 Å². The first kappa shape index (κ1) is 32.9. The lowest BCUT2D eigenvalue weighted by atomic mass is 9.91. The van der Waals surface area contributed by atoms with Gasteiger partial charge in [-0.3, -0.25) is 0 Å². The van der Waals surface area contributed by atoms with E-state index < -0.39 is 0 Å². The van der Waals surface area contributed by atoms with Crippen molar-refractivity contribution < 1.29 is 0 Å². The molecule has 0 atom stereocenters. The molecule has 2 heterocycles. The summed E-state index contributed by atoms with van der Waals surface area (Å²) in [6, 6.07) is 78.2. The highest BCUT2D eigenvalue weighted by Gasteiger charge is 2.15. The maximum atomic E-state index is 2.41. The van der Waals surface area contributed by atoms with Gasteiger partial charge >= 0.3 is 0 Å². The zero-order valence-electron chi connectivity index (χ0n) is 31.6. The third-order valence-electron chi connectivity index (χ3n) is 12.0. The molecular formula is C56H35NS. The molecule has 0 saturated heterocycles. The van der Waals surface area contributed by atoms with E-state index in [1.54, 1.807) is 0 Å². The molecule has 0 amide bonds. The van der Waals surface area contributed by atoms with Crippen molar-refractivity contribution in [1.29, 1.82) is 0 Å². The van der Waals surface area contributed by atoms with Crippen LogP contribution in [0.5, 0.6) is 0 Å². The number of para-hydroxylation sites is 1. The monoisotopic (exact) mass is 753 g/mol. The third-order valence-corrected chi connectivity index (χ3v) is 13.2. The molecule has 0 radical (unpaired) electrons. The van der Waals surface area contributed by atoms with E-state index in [1.807, 2.05) is 11.3 Å². The Morgan fingerprint density at radius 2 is 0.810 bits per heavy atom. The average molecular weight is 754 g/mol. The quantitative estimate of drug-likeness (QED) is 0.154. The zero-order chi connectivity index (χ0) is 38.2. The molecule has 1 nitrogen and oxygen atoms in total. The number of hydrogen-bond acceptors (Lipinski definition) is 1. The summed E-state index contributed by atoms with van der Waals surface area (Å²) in [6.07, 6.45) is 0. The molecule has 0 bridgehead atoms. The number of rotatable bonds is 5. The van der Waals surface area contributed by atoms with Crippen molar-refractivity contribution in [3.63, 3.8) is 0 Å². The normalized spacial score (nSPS) is 11.8. The summed E-state index contributed by atoms with van der Waals surface area (Å²) >= 11 is 1.86. The summed E-state index contributed by atoms with van der Waals surface area (Å²) in [5.41, 5.74) is 13.4. The van der Waals surface area contributed by atoms with E-state index in [2.05, 4.69) is 217 Å². The van der Waals surface area contributed by atoms with Crippen LogP contribution in [0.2, 0.25) is 0 Å². The lowest BCUT2D eigenvalue weighted by molar-refractivity contribution is 1.18. The van der Waals surface area contributed by atoms with E-state index in [0.717, 1.165) is 5.69 Å². The van der Waals surface area contributed by atoms with Crippen molar-refractivity contribution >= 4 is 74.9 Å².